The predicted molar refractivity (Wildman–Crippen MR) is 114 cm³/mol. The van der Waals surface area contributed by atoms with Crippen LogP contribution in [0.2, 0.25) is 0 Å². The van der Waals surface area contributed by atoms with Crippen LogP contribution in [-0.4, -0.2) is 58.1 Å². The van der Waals surface area contributed by atoms with Gasteiger partial charge in [0.2, 0.25) is 0 Å². The SMILES string of the molecule is C=C1C(=O)O[C@H]2C(OC(=O)/C(C)=C/C)[C@@]3(C)C(O)CC[C@@](C)(O)[C@@H]3C(OC(=O)C(C)C)[C@@H]12. The van der Waals surface area contributed by atoms with E-state index in [9.17, 15) is 24.6 Å². The highest BCUT2D eigenvalue weighted by Crippen LogP contribution is 2.60. The van der Waals surface area contributed by atoms with Crippen LogP contribution in [0.25, 0.3) is 0 Å². The molecule has 178 valence electrons. The second kappa shape index (κ2) is 8.30. The lowest BCUT2D eigenvalue weighted by Crippen LogP contribution is -2.72. The molecule has 0 aromatic carbocycles. The maximum Gasteiger partial charge on any atom is 0.334 e. The third kappa shape index (κ3) is 3.67. The first kappa shape index (κ1) is 24.5. The topological polar surface area (TPSA) is 119 Å². The van der Waals surface area contributed by atoms with Crippen LogP contribution in [0.5, 0.6) is 0 Å². The predicted octanol–water partition coefficient (Wildman–Crippen LogP) is 2.07. The molecule has 1 aliphatic heterocycles. The molecule has 0 aromatic rings. The highest BCUT2D eigenvalue weighted by Gasteiger charge is 2.71. The zero-order valence-electron chi connectivity index (χ0n) is 19.6. The summed E-state index contributed by atoms with van der Waals surface area (Å²) >= 11 is 0. The Balaban J connectivity index is 2.19. The molecule has 2 aliphatic carbocycles. The van der Waals surface area contributed by atoms with Crippen molar-refractivity contribution in [1.82, 2.24) is 0 Å². The smallest absolute Gasteiger partial charge is 0.334 e. The van der Waals surface area contributed by atoms with Gasteiger partial charge in [-0.05, 0) is 33.6 Å². The minimum absolute atomic E-state index is 0.0956. The molecule has 8 nitrogen and oxygen atoms in total. The van der Waals surface area contributed by atoms with E-state index in [0.29, 0.717) is 5.57 Å². The van der Waals surface area contributed by atoms with E-state index in [0.717, 1.165) is 0 Å². The van der Waals surface area contributed by atoms with Gasteiger partial charge in [0.25, 0.3) is 0 Å². The number of rotatable bonds is 4. The zero-order valence-corrected chi connectivity index (χ0v) is 19.6. The molecule has 32 heavy (non-hydrogen) atoms. The number of carbonyl (C=O) groups is 3. The number of carbonyl (C=O) groups excluding carboxylic acids is 3. The fraction of sp³-hybridized carbons (Fsp3) is 0.708. The molecule has 2 saturated carbocycles. The molecule has 8 heteroatoms. The van der Waals surface area contributed by atoms with E-state index in [4.69, 9.17) is 14.2 Å². The number of hydrogen-bond donors (Lipinski definition) is 2. The van der Waals surface area contributed by atoms with Gasteiger partial charge in [0.15, 0.2) is 6.10 Å². The van der Waals surface area contributed by atoms with Crippen LogP contribution in [0.1, 0.15) is 54.4 Å². The molecule has 2 N–H and O–H groups in total. The molecule has 1 heterocycles. The molecule has 0 amide bonds. The van der Waals surface area contributed by atoms with Crippen molar-refractivity contribution in [3.63, 3.8) is 0 Å². The van der Waals surface area contributed by atoms with Crippen molar-refractivity contribution in [3.05, 3.63) is 23.8 Å². The minimum Gasteiger partial charge on any atom is -0.461 e. The molecular weight excluding hydrogens is 416 g/mol. The normalized spacial score (nSPS) is 41.6. The molecule has 3 aliphatic rings. The molecule has 1 saturated heterocycles. The van der Waals surface area contributed by atoms with Crippen molar-refractivity contribution in [2.75, 3.05) is 0 Å². The van der Waals surface area contributed by atoms with E-state index in [-0.39, 0.29) is 18.4 Å². The highest BCUT2D eigenvalue weighted by atomic mass is 16.6. The largest absolute Gasteiger partial charge is 0.461 e. The number of hydrogen-bond acceptors (Lipinski definition) is 8. The van der Waals surface area contributed by atoms with Gasteiger partial charge in [-0.3, -0.25) is 4.79 Å². The summed E-state index contributed by atoms with van der Waals surface area (Å²) < 4.78 is 17.3. The summed E-state index contributed by atoms with van der Waals surface area (Å²) in [4.78, 5) is 37.9. The molecule has 0 spiro atoms. The standard InChI is InChI=1S/C24H34O8/c1-8-12(4)21(27)32-19-17-15(13(5)22(28)31-17)16(30-20(26)11(2)3)18-23(6,29)10-9-14(25)24(18,19)7/h8,11,14-19,25,29H,5,9-10H2,1-4,6-7H3/b12-8+/t14?,15-,16?,17-,18+,19?,23-,24+/m1/s1. The van der Waals surface area contributed by atoms with Crippen LogP contribution in [-0.2, 0) is 28.6 Å². The summed E-state index contributed by atoms with van der Waals surface area (Å²) in [6, 6.07) is 0. The van der Waals surface area contributed by atoms with Gasteiger partial charge in [0.1, 0.15) is 12.2 Å². The van der Waals surface area contributed by atoms with Crippen molar-refractivity contribution in [2.45, 2.75) is 84.4 Å². The second-order valence-electron chi connectivity index (χ2n) is 10.0. The van der Waals surface area contributed by atoms with Crippen molar-refractivity contribution in [3.8, 4) is 0 Å². The first-order chi connectivity index (χ1) is 14.8. The van der Waals surface area contributed by atoms with Crippen LogP contribution in [0, 0.1) is 23.2 Å². The van der Waals surface area contributed by atoms with Gasteiger partial charge in [-0.25, -0.2) is 9.59 Å². The summed E-state index contributed by atoms with van der Waals surface area (Å²) in [5.74, 6) is -3.89. The highest BCUT2D eigenvalue weighted by molar-refractivity contribution is 5.92. The van der Waals surface area contributed by atoms with Gasteiger partial charge in [0, 0.05) is 22.5 Å². The van der Waals surface area contributed by atoms with E-state index < -0.39 is 71.1 Å². The average molecular weight is 451 g/mol. The number of esters is 3. The maximum atomic E-state index is 12.7. The van der Waals surface area contributed by atoms with Crippen LogP contribution in [0.4, 0.5) is 0 Å². The number of aliphatic hydroxyl groups is 2. The van der Waals surface area contributed by atoms with Gasteiger partial charge in [-0.15, -0.1) is 0 Å². The van der Waals surface area contributed by atoms with Crippen molar-refractivity contribution < 1.29 is 38.8 Å². The lowest BCUT2D eigenvalue weighted by molar-refractivity contribution is -0.277. The molecule has 3 unspecified atom stereocenters. The van der Waals surface area contributed by atoms with Crippen molar-refractivity contribution in [2.24, 2.45) is 23.2 Å². The van der Waals surface area contributed by atoms with E-state index in [2.05, 4.69) is 6.58 Å². The molecular formula is C24H34O8. The van der Waals surface area contributed by atoms with Gasteiger partial charge in [-0.1, -0.05) is 33.4 Å². The summed E-state index contributed by atoms with van der Waals surface area (Å²) in [6.07, 6.45) is -1.96. The van der Waals surface area contributed by atoms with E-state index >= 15 is 0 Å². The monoisotopic (exact) mass is 450 g/mol. The fourth-order valence-electron chi connectivity index (χ4n) is 5.58. The Bertz CT molecular complexity index is 856. The lowest BCUT2D eigenvalue weighted by atomic mass is 9.49. The number of fused-ring (bicyclic) bond motifs is 2. The van der Waals surface area contributed by atoms with Crippen LogP contribution in [0.15, 0.2) is 23.8 Å². The summed E-state index contributed by atoms with van der Waals surface area (Å²) in [5, 5.41) is 22.6. The Kier molecular flexibility index (Phi) is 6.34. The van der Waals surface area contributed by atoms with Crippen molar-refractivity contribution in [1.29, 1.82) is 0 Å². The zero-order chi connectivity index (χ0) is 24.2. The molecule has 0 radical (unpaired) electrons. The van der Waals surface area contributed by atoms with Gasteiger partial charge >= 0.3 is 17.9 Å². The molecule has 3 rings (SSSR count). The Morgan fingerprint density at radius 3 is 2.47 bits per heavy atom. The van der Waals surface area contributed by atoms with Gasteiger partial charge in [-0.2, -0.15) is 0 Å². The van der Waals surface area contributed by atoms with Gasteiger partial charge in [0.05, 0.1) is 23.5 Å². The van der Waals surface area contributed by atoms with Crippen LogP contribution < -0.4 is 0 Å². The number of allylic oxidation sites excluding steroid dienone is 1. The van der Waals surface area contributed by atoms with E-state index in [1.54, 1.807) is 47.6 Å². The third-order valence-electron chi connectivity index (χ3n) is 7.55. The Hall–Kier alpha value is -2.19. The first-order valence-corrected chi connectivity index (χ1v) is 11.1. The van der Waals surface area contributed by atoms with Crippen LogP contribution >= 0.6 is 0 Å². The molecule has 3 fully saturated rings. The lowest BCUT2D eigenvalue weighted by Gasteiger charge is -2.61. The molecule has 8 atom stereocenters. The Labute approximate surface area is 188 Å². The summed E-state index contributed by atoms with van der Waals surface area (Å²) in [7, 11) is 0. The second-order valence-corrected chi connectivity index (χ2v) is 10.0. The summed E-state index contributed by atoms with van der Waals surface area (Å²) in [6.45, 7) is 13.8. The van der Waals surface area contributed by atoms with E-state index in [1.165, 1.54) is 0 Å². The minimum atomic E-state index is -1.37. The average Bonchev–Trinajstić information content (AvgIpc) is 3.01. The van der Waals surface area contributed by atoms with Crippen molar-refractivity contribution >= 4 is 17.9 Å². The van der Waals surface area contributed by atoms with E-state index in [1.807, 2.05) is 0 Å². The number of aliphatic hydroxyl groups excluding tert-OH is 1. The first-order valence-electron chi connectivity index (χ1n) is 11.1. The Morgan fingerprint density at radius 2 is 1.91 bits per heavy atom. The number of ether oxygens (including phenoxy) is 3. The summed E-state index contributed by atoms with van der Waals surface area (Å²) in [5.41, 5.74) is -2.17. The van der Waals surface area contributed by atoms with Gasteiger partial charge < -0.3 is 24.4 Å². The fourth-order valence-corrected chi connectivity index (χ4v) is 5.58. The third-order valence-corrected chi connectivity index (χ3v) is 7.55. The maximum absolute atomic E-state index is 12.7. The molecule has 0 bridgehead atoms. The van der Waals surface area contributed by atoms with Crippen LogP contribution in [0.3, 0.4) is 0 Å². The quantitative estimate of drug-likeness (QED) is 0.380. The molecule has 0 aromatic heterocycles. The Morgan fingerprint density at radius 1 is 1.28 bits per heavy atom.